The van der Waals surface area contributed by atoms with E-state index in [9.17, 15) is 18.8 Å². The van der Waals surface area contributed by atoms with Crippen LogP contribution < -0.4 is 0 Å². The van der Waals surface area contributed by atoms with E-state index in [0.29, 0.717) is 37.0 Å². The van der Waals surface area contributed by atoms with Crippen LogP contribution in [0.1, 0.15) is 118 Å². The third-order valence-electron chi connectivity index (χ3n) is 6.54. The van der Waals surface area contributed by atoms with Crippen LogP contribution in [0.25, 0.3) is 0 Å². The van der Waals surface area contributed by atoms with E-state index in [4.69, 9.17) is 0 Å². The van der Waals surface area contributed by atoms with Crippen molar-refractivity contribution in [1.29, 1.82) is 0 Å². The number of halogens is 1. The number of Topliss-reactive ketones (excluding diaryl/α,β-unsaturated/α-hetero) is 3. The van der Waals surface area contributed by atoms with Crippen molar-refractivity contribution in [1.82, 2.24) is 0 Å². The van der Waals surface area contributed by atoms with Crippen molar-refractivity contribution in [3.63, 3.8) is 0 Å². The van der Waals surface area contributed by atoms with Crippen LogP contribution in [-0.2, 0) is 4.79 Å². The minimum absolute atomic E-state index is 0.134. The normalized spacial score (nSPS) is 18.9. The fraction of sp³-hybridized carbons (Fsp3) is 0.654. The molecule has 30 heavy (non-hydrogen) atoms. The van der Waals surface area contributed by atoms with Crippen LogP contribution in [0.2, 0.25) is 0 Å². The molecule has 0 heterocycles. The van der Waals surface area contributed by atoms with Crippen LogP contribution in [0, 0.1) is 17.7 Å². The minimum atomic E-state index is -0.510. The molecule has 2 unspecified atom stereocenters. The van der Waals surface area contributed by atoms with Gasteiger partial charge in [0.2, 0.25) is 0 Å². The Balaban J connectivity index is 1.66. The molecule has 166 valence electrons. The van der Waals surface area contributed by atoms with Crippen molar-refractivity contribution >= 4 is 17.3 Å². The lowest BCUT2D eigenvalue weighted by atomic mass is 9.74. The summed E-state index contributed by atoms with van der Waals surface area (Å²) in [6.45, 7) is 3.59. The lowest BCUT2D eigenvalue weighted by Crippen LogP contribution is -2.20. The number of hydrogen-bond acceptors (Lipinski definition) is 3. The van der Waals surface area contributed by atoms with E-state index in [1.807, 2.05) is 0 Å². The van der Waals surface area contributed by atoms with E-state index < -0.39 is 5.82 Å². The predicted molar refractivity (Wildman–Crippen MR) is 118 cm³/mol. The molecule has 0 radical (unpaired) electrons. The Labute approximate surface area is 180 Å². The van der Waals surface area contributed by atoms with E-state index in [0.717, 1.165) is 37.2 Å². The lowest BCUT2D eigenvalue weighted by molar-refractivity contribution is -0.119. The molecule has 1 aliphatic carbocycles. The van der Waals surface area contributed by atoms with E-state index in [1.165, 1.54) is 57.6 Å². The number of hydrogen-bond donors (Lipinski definition) is 0. The van der Waals surface area contributed by atoms with E-state index in [1.54, 1.807) is 0 Å². The molecule has 4 heteroatoms. The van der Waals surface area contributed by atoms with Crippen molar-refractivity contribution in [2.24, 2.45) is 11.8 Å². The van der Waals surface area contributed by atoms with Gasteiger partial charge in [0, 0.05) is 30.4 Å². The van der Waals surface area contributed by atoms with Gasteiger partial charge in [0.15, 0.2) is 11.6 Å². The Kier molecular flexibility index (Phi) is 10.4. The lowest BCUT2D eigenvalue weighted by Gasteiger charge is -2.31. The first-order valence-electron chi connectivity index (χ1n) is 11.8. The zero-order valence-electron chi connectivity index (χ0n) is 18.7. The van der Waals surface area contributed by atoms with Gasteiger partial charge in [-0.25, -0.2) is 4.39 Å². The number of rotatable bonds is 13. The summed E-state index contributed by atoms with van der Waals surface area (Å²) >= 11 is 0. The van der Waals surface area contributed by atoms with Gasteiger partial charge in [-0.2, -0.15) is 0 Å². The molecule has 0 bridgehead atoms. The highest BCUT2D eigenvalue weighted by Gasteiger charge is 2.24. The summed E-state index contributed by atoms with van der Waals surface area (Å²) in [7, 11) is 0. The molecule has 1 aliphatic rings. The van der Waals surface area contributed by atoms with Crippen LogP contribution in [0.15, 0.2) is 18.2 Å². The standard InChI is InChI=1S/C26H37FO3/c1-3-9-20-10-7-8-11-21(20)14-16-23(29)12-5-4-6-13-26(30)24-17-15-22(27)18-25(24)19(2)28/h15,17-18,20-21H,3-14,16H2,1-2H3. The summed E-state index contributed by atoms with van der Waals surface area (Å²) in [4.78, 5) is 36.3. The monoisotopic (exact) mass is 416 g/mol. The second-order valence-electron chi connectivity index (χ2n) is 8.90. The van der Waals surface area contributed by atoms with E-state index in [2.05, 4.69) is 6.92 Å². The molecular formula is C26H37FO3. The zero-order valence-corrected chi connectivity index (χ0v) is 18.7. The van der Waals surface area contributed by atoms with Gasteiger partial charge in [0.1, 0.15) is 11.6 Å². The Morgan fingerprint density at radius 1 is 0.900 bits per heavy atom. The van der Waals surface area contributed by atoms with Crippen LogP contribution in [-0.4, -0.2) is 17.3 Å². The Bertz CT molecular complexity index is 723. The third kappa shape index (κ3) is 7.77. The summed E-state index contributed by atoms with van der Waals surface area (Å²) in [5.41, 5.74) is 0.452. The van der Waals surface area contributed by atoms with Crippen molar-refractivity contribution in [3.8, 4) is 0 Å². The average Bonchev–Trinajstić information content (AvgIpc) is 2.72. The smallest absolute Gasteiger partial charge is 0.163 e. The molecular weight excluding hydrogens is 379 g/mol. The Morgan fingerprint density at radius 2 is 1.57 bits per heavy atom. The minimum Gasteiger partial charge on any atom is -0.300 e. The maximum atomic E-state index is 13.3. The van der Waals surface area contributed by atoms with Gasteiger partial charge in [-0.3, -0.25) is 14.4 Å². The molecule has 2 atom stereocenters. The quantitative estimate of drug-likeness (QED) is 0.254. The number of unbranched alkanes of at least 4 members (excludes halogenated alkanes) is 2. The van der Waals surface area contributed by atoms with Crippen molar-refractivity contribution in [2.45, 2.75) is 97.3 Å². The third-order valence-corrected chi connectivity index (χ3v) is 6.54. The summed E-state index contributed by atoms with van der Waals surface area (Å²) in [5, 5.41) is 0. The van der Waals surface area contributed by atoms with Gasteiger partial charge >= 0.3 is 0 Å². The predicted octanol–water partition coefficient (Wildman–Crippen LogP) is 7.12. The van der Waals surface area contributed by atoms with Crippen molar-refractivity contribution in [2.75, 3.05) is 0 Å². The van der Waals surface area contributed by atoms with Crippen molar-refractivity contribution < 1.29 is 18.8 Å². The fourth-order valence-electron chi connectivity index (χ4n) is 4.86. The highest BCUT2D eigenvalue weighted by molar-refractivity contribution is 6.08. The van der Waals surface area contributed by atoms with Crippen LogP contribution in [0.5, 0.6) is 0 Å². The largest absolute Gasteiger partial charge is 0.300 e. The first-order valence-corrected chi connectivity index (χ1v) is 11.8. The molecule has 0 amide bonds. The van der Waals surface area contributed by atoms with Crippen LogP contribution in [0.3, 0.4) is 0 Å². The van der Waals surface area contributed by atoms with E-state index >= 15 is 0 Å². The van der Waals surface area contributed by atoms with Crippen molar-refractivity contribution in [3.05, 3.63) is 35.1 Å². The highest BCUT2D eigenvalue weighted by Crippen LogP contribution is 2.36. The molecule has 1 saturated carbocycles. The summed E-state index contributed by atoms with van der Waals surface area (Å²) < 4.78 is 13.3. The highest BCUT2D eigenvalue weighted by atomic mass is 19.1. The molecule has 1 aromatic rings. The zero-order chi connectivity index (χ0) is 21.9. The van der Waals surface area contributed by atoms with Gasteiger partial charge in [0.25, 0.3) is 0 Å². The van der Waals surface area contributed by atoms with Gasteiger partial charge in [-0.15, -0.1) is 0 Å². The number of carbonyl (C=O) groups is 3. The van der Waals surface area contributed by atoms with Gasteiger partial charge in [-0.1, -0.05) is 51.9 Å². The summed E-state index contributed by atoms with van der Waals surface area (Å²) in [5.74, 6) is 0.942. The number of carbonyl (C=O) groups excluding carboxylic acids is 3. The molecule has 0 N–H and O–H groups in total. The number of benzene rings is 1. The first-order chi connectivity index (χ1) is 14.4. The molecule has 0 aliphatic heterocycles. The molecule has 2 rings (SSSR count). The topological polar surface area (TPSA) is 51.2 Å². The van der Waals surface area contributed by atoms with E-state index in [-0.39, 0.29) is 17.1 Å². The number of ketones is 3. The average molecular weight is 417 g/mol. The molecule has 1 aromatic carbocycles. The molecule has 0 aromatic heterocycles. The molecule has 1 fully saturated rings. The second kappa shape index (κ2) is 12.8. The van der Waals surface area contributed by atoms with Gasteiger partial charge in [0.05, 0.1) is 0 Å². The summed E-state index contributed by atoms with van der Waals surface area (Å²) in [6, 6.07) is 3.75. The van der Waals surface area contributed by atoms with Gasteiger partial charge < -0.3 is 0 Å². The fourth-order valence-corrected chi connectivity index (χ4v) is 4.86. The van der Waals surface area contributed by atoms with Gasteiger partial charge in [-0.05, 0) is 56.2 Å². The molecule has 3 nitrogen and oxygen atoms in total. The Hall–Kier alpha value is -1.84. The second-order valence-corrected chi connectivity index (χ2v) is 8.90. The first kappa shape index (κ1) is 24.4. The SMILES string of the molecule is CCCC1CCCCC1CCC(=O)CCCCCC(=O)c1ccc(F)cc1C(C)=O. The molecule has 0 spiro atoms. The molecule has 0 saturated heterocycles. The van der Waals surface area contributed by atoms with Crippen LogP contribution in [0.4, 0.5) is 4.39 Å². The Morgan fingerprint density at radius 3 is 2.23 bits per heavy atom. The maximum Gasteiger partial charge on any atom is 0.163 e. The maximum absolute atomic E-state index is 13.3. The summed E-state index contributed by atoms with van der Waals surface area (Å²) in [6.07, 6.45) is 12.8. The van der Waals surface area contributed by atoms with Crippen LogP contribution >= 0.6 is 0 Å².